The molecule has 5 nitrogen and oxygen atoms in total. The molecule has 0 saturated carbocycles. The molecule has 0 fully saturated rings. The predicted molar refractivity (Wildman–Crippen MR) is 115 cm³/mol. The summed E-state index contributed by atoms with van der Waals surface area (Å²) in [5, 5.41) is 6.23. The van der Waals surface area contributed by atoms with E-state index in [9.17, 15) is 0 Å². The van der Waals surface area contributed by atoms with Crippen molar-refractivity contribution in [3.63, 3.8) is 0 Å². The third-order valence-electron chi connectivity index (χ3n) is 4.51. The highest BCUT2D eigenvalue weighted by Crippen LogP contribution is 2.34. The summed E-state index contributed by atoms with van der Waals surface area (Å²) in [6.45, 7) is 3.86. The maximum atomic E-state index is 6.29. The molecule has 0 saturated heterocycles. The number of aromatic nitrogens is 2. The molecule has 4 aromatic rings. The molecule has 0 spiro atoms. The second kappa shape index (κ2) is 7.37. The van der Waals surface area contributed by atoms with E-state index < -0.39 is 0 Å². The number of hydrogen-bond donors (Lipinski definition) is 2. The minimum absolute atomic E-state index is 0.291. The number of nitrogen functional groups attached to an aromatic ring is 1. The van der Waals surface area contributed by atoms with Crippen LogP contribution in [0.3, 0.4) is 0 Å². The molecule has 3 N–H and O–H groups in total. The Bertz CT molecular complexity index is 1150. The second-order valence-electron chi connectivity index (χ2n) is 6.57. The molecule has 3 aromatic carbocycles. The van der Waals surface area contributed by atoms with Crippen molar-refractivity contribution in [2.24, 2.45) is 0 Å². The summed E-state index contributed by atoms with van der Waals surface area (Å²) in [5.74, 6) is 1.41. The first-order valence-electron chi connectivity index (χ1n) is 8.83. The van der Waals surface area contributed by atoms with E-state index in [1.807, 2.05) is 56.3 Å². The third-order valence-corrected chi connectivity index (χ3v) is 5.11. The Morgan fingerprint density at radius 3 is 2.46 bits per heavy atom. The van der Waals surface area contributed by atoms with Gasteiger partial charge in [0.1, 0.15) is 17.8 Å². The van der Waals surface area contributed by atoms with Crippen molar-refractivity contribution in [1.82, 2.24) is 9.97 Å². The van der Waals surface area contributed by atoms with Crippen molar-refractivity contribution in [2.75, 3.05) is 11.1 Å². The van der Waals surface area contributed by atoms with E-state index in [1.54, 1.807) is 0 Å². The number of aryl methyl sites for hydroxylation is 2. The molecule has 0 unspecified atom stereocenters. The molecule has 1 heterocycles. The molecule has 0 aliphatic heterocycles. The van der Waals surface area contributed by atoms with Crippen molar-refractivity contribution in [2.45, 2.75) is 13.8 Å². The van der Waals surface area contributed by atoms with Crippen LogP contribution in [-0.2, 0) is 0 Å². The van der Waals surface area contributed by atoms with E-state index in [0.717, 1.165) is 32.6 Å². The molecule has 28 heavy (non-hydrogen) atoms. The first-order chi connectivity index (χ1) is 13.5. The maximum Gasteiger partial charge on any atom is 0.248 e. The fourth-order valence-corrected chi connectivity index (χ4v) is 3.21. The van der Waals surface area contributed by atoms with Crippen molar-refractivity contribution in [3.05, 3.63) is 77.1 Å². The van der Waals surface area contributed by atoms with Gasteiger partial charge in [0.05, 0.1) is 0 Å². The molecular formula is C22H19ClN4O. The van der Waals surface area contributed by atoms with E-state index in [2.05, 4.69) is 27.4 Å². The van der Waals surface area contributed by atoms with Gasteiger partial charge < -0.3 is 15.8 Å². The molecule has 0 atom stereocenters. The van der Waals surface area contributed by atoms with Gasteiger partial charge in [0.15, 0.2) is 5.82 Å². The quantitative estimate of drug-likeness (QED) is 0.445. The normalized spacial score (nSPS) is 10.8. The third kappa shape index (κ3) is 3.44. The molecule has 4 rings (SSSR count). The Balaban J connectivity index is 1.67. The summed E-state index contributed by atoms with van der Waals surface area (Å²) in [7, 11) is 0. The minimum atomic E-state index is 0.291. The van der Waals surface area contributed by atoms with Gasteiger partial charge in [-0.25, -0.2) is 4.98 Å². The molecule has 0 aliphatic rings. The molecule has 6 heteroatoms. The number of ether oxygens (including phenoxy) is 1. The van der Waals surface area contributed by atoms with E-state index in [-0.39, 0.29) is 0 Å². The molecule has 0 amide bonds. The molecule has 0 radical (unpaired) electrons. The van der Waals surface area contributed by atoms with Gasteiger partial charge in [-0.3, -0.25) is 0 Å². The smallest absolute Gasteiger partial charge is 0.248 e. The van der Waals surface area contributed by atoms with E-state index in [1.165, 1.54) is 6.33 Å². The molecule has 0 aliphatic carbocycles. The summed E-state index contributed by atoms with van der Waals surface area (Å²) in [5.41, 5.74) is 9.39. The number of benzene rings is 3. The number of fused-ring (bicyclic) bond motifs is 1. The van der Waals surface area contributed by atoms with Gasteiger partial charge in [0.2, 0.25) is 5.88 Å². The summed E-state index contributed by atoms with van der Waals surface area (Å²) in [4.78, 5) is 8.47. The lowest BCUT2D eigenvalue weighted by Gasteiger charge is -2.14. The first kappa shape index (κ1) is 18.1. The summed E-state index contributed by atoms with van der Waals surface area (Å²) in [6.07, 6.45) is 1.43. The fourth-order valence-electron chi connectivity index (χ4n) is 3.10. The van der Waals surface area contributed by atoms with Crippen molar-refractivity contribution in [3.8, 4) is 11.6 Å². The van der Waals surface area contributed by atoms with Gasteiger partial charge in [0, 0.05) is 16.1 Å². The number of nitrogens with zero attached hydrogens (tertiary/aromatic N) is 2. The second-order valence-corrected chi connectivity index (χ2v) is 6.94. The number of hydrogen-bond acceptors (Lipinski definition) is 5. The van der Waals surface area contributed by atoms with Crippen molar-refractivity contribution < 1.29 is 4.74 Å². The molecule has 140 valence electrons. The number of anilines is 3. The first-order valence-corrected chi connectivity index (χ1v) is 9.20. The van der Waals surface area contributed by atoms with E-state index >= 15 is 0 Å². The monoisotopic (exact) mass is 390 g/mol. The minimum Gasteiger partial charge on any atom is -0.437 e. The van der Waals surface area contributed by atoms with Gasteiger partial charge >= 0.3 is 0 Å². The predicted octanol–water partition coefficient (Wildman–Crippen LogP) is 6.02. The Hall–Kier alpha value is -3.31. The number of halogens is 1. The van der Waals surface area contributed by atoms with Crippen molar-refractivity contribution in [1.29, 1.82) is 0 Å². The number of nitrogens with one attached hydrogen (secondary N) is 1. The highest BCUT2D eigenvalue weighted by molar-refractivity contribution is 6.32. The van der Waals surface area contributed by atoms with Crippen LogP contribution in [0.4, 0.5) is 17.2 Å². The van der Waals surface area contributed by atoms with Crippen molar-refractivity contribution >= 4 is 39.6 Å². The zero-order valence-corrected chi connectivity index (χ0v) is 16.3. The summed E-state index contributed by atoms with van der Waals surface area (Å²) >= 11 is 6.23. The lowest BCUT2D eigenvalue weighted by atomic mass is 10.1. The Kier molecular flexibility index (Phi) is 4.75. The van der Waals surface area contributed by atoms with Crippen LogP contribution in [0.15, 0.2) is 60.9 Å². The Labute approximate surface area is 168 Å². The number of nitrogens with two attached hydrogens (primary N) is 1. The van der Waals surface area contributed by atoms with Crippen LogP contribution in [0.1, 0.15) is 11.1 Å². The molecule has 1 aromatic heterocycles. The topological polar surface area (TPSA) is 73.1 Å². The van der Waals surface area contributed by atoms with Crippen LogP contribution < -0.4 is 15.8 Å². The van der Waals surface area contributed by atoms with Crippen LogP contribution in [0, 0.1) is 13.8 Å². The zero-order chi connectivity index (χ0) is 19.7. The SMILES string of the molecule is Cc1cc(Oc2ncnc(Nc3cccc4ccccc34)c2N)cc(C)c1Cl. The number of rotatable bonds is 4. The average molecular weight is 391 g/mol. The molecular weight excluding hydrogens is 372 g/mol. The van der Waals surface area contributed by atoms with Crippen LogP contribution in [0.5, 0.6) is 11.6 Å². The maximum absolute atomic E-state index is 6.29. The van der Waals surface area contributed by atoms with Gasteiger partial charge in [-0.15, -0.1) is 0 Å². The standard InChI is InChI=1S/C22H19ClN4O/c1-13-10-16(11-14(2)19(13)23)28-22-20(24)21(25-12-26-22)27-18-9-5-7-15-6-3-4-8-17(15)18/h3-12H,24H2,1-2H3,(H,25,26,27). The van der Waals surface area contributed by atoms with Gasteiger partial charge in [-0.1, -0.05) is 48.0 Å². The van der Waals surface area contributed by atoms with Gasteiger partial charge in [0.25, 0.3) is 0 Å². The van der Waals surface area contributed by atoms with E-state index in [4.69, 9.17) is 22.1 Å². The molecule has 0 bridgehead atoms. The van der Waals surface area contributed by atoms with Crippen LogP contribution in [0.2, 0.25) is 5.02 Å². The largest absolute Gasteiger partial charge is 0.437 e. The zero-order valence-electron chi connectivity index (χ0n) is 15.5. The highest BCUT2D eigenvalue weighted by atomic mass is 35.5. The van der Waals surface area contributed by atoms with Crippen LogP contribution in [-0.4, -0.2) is 9.97 Å². The van der Waals surface area contributed by atoms with Crippen LogP contribution >= 0.6 is 11.6 Å². The lowest BCUT2D eigenvalue weighted by Crippen LogP contribution is -2.03. The Morgan fingerprint density at radius 1 is 0.964 bits per heavy atom. The van der Waals surface area contributed by atoms with Crippen LogP contribution in [0.25, 0.3) is 10.8 Å². The van der Waals surface area contributed by atoms with Gasteiger partial charge in [-0.2, -0.15) is 4.98 Å². The highest BCUT2D eigenvalue weighted by Gasteiger charge is 2.13. The summed E-state index contributed by atoms with van der Waals surface area (Å²) < 4.78 is 5.92. The van der Waals surface area contributed by atoms with Gasteiger partial charge in [-0.05, 0) is 48.6 Å². The summed E-state index contributed by atoms with van der Waals surface area (Å²) in [6, 6.07) is 17.8. The fraction of sp³-hybridized carbons (Fsp3) is 0.0909. The Morgan fingerprint density at radius 2 is 1.68 bits per heavy atom. The average Bonchev–Trinajstić information content (AvgIpc) is 2.69. The lowest BCUT2D eigenvalue weighted by molar-refractivity contribution is 0.464. The van der Waals surface area contributed by atoms with E-state index in [0.29, 0.717) is 23.1 Å².